The molecule has 0 bridgehead atoms. The van der Waals surface area contributed by atoms with Crippen LogP contribution in [-0.4, -0.2) is 0 Å². The summed E-state index contributed by atoms with van der Waals surface area (Å²) >= 11 is 0. The summed E-state index contributed by atoms with van der Waals surface area (Å²) in [5, 5.41) is 0. The van der Waals surface area contributed by atoms with E-state index in [2.05, 4.69) is 0 Å². The number of nitrogens with two attached hydrogens (primary N) is 2. The Morgan fingerprint density at radius 3 is 1.55 bits per heavy atom. The smallest absolute Gasteiger partial charge is 0.0367 e. The van der Waals surface area contributed by atoms with Crippen molar-refractivity contribution in [3.63, 3.8) is 0 Å². The van der Waals surface area contributed by atoms with Crippen molar-refractivity contribution in [3.05, 3.63) is 22.8 Å². The first kappa shape index (κ1) is 7.92. The summed E-state index contributed by atoms with van der Waals surface area (Å²) in [5.41, 5.74) is 16.5. The average molecular weight is 150 g/mol. The van der Waals surface area contributed by atoms with E-state index in [1.807, 2.05) is 26.8 Å². The van der Waals surface area contributed by atoms with Gasteiger partial charge in [0.2, 0.25) is 0 Å². The normalized spacial score (nSPS) is 10.1. The molecule has 0 aliphatic carbocycles. The highest BCUT2D eigenvalue weighted by Crippen LogP contribution is 2.24. The summed E-state index contributed by atoms with van der Waals surface area (Å²) in [6.45, 7) is 6.06. The van der Waals surface area contributed by atoms with Crippen LogP contribution in [0.1, 0.15) is 16.7 Å². The van der Waals surface area contributed by atoms with Crippen molar-refractivity contribution in [3.8, 4) is 0 Å². The Labute approximate surface area is 67.2 Å². The molecule has 1 rings (SSSR count). The summed E-state index contributed by atoms with van der Waals surface area (Å²) in [6.07, 6.45) is 0. The third-order valence-electron chi connectivity index (χ3n) is 2.30. The Morgan fingerprint density at radius 2 is 1.18 bits per heavy atom. The van der Waals surface area contributed by atoms with Crippen molar-refractivity contribution >= 4 is 11.4 Å². The van der Waals surface area contributed by atoms with Gasteiger partial charge in [0.1, 0.15) is 0 Å². The van der Waals surface area contributed by atoms with Crippen LogP contribution in [0, 0.1) is 20.8 Å². The molecule has 0 saturated heterocycles. The van der Waals surface area contributed by atoms with Gasteiger partial charge in [-0.2, -0.15) is 0 Å². The molecule has 1 aromatic carbocycles. The fourth-order valence-corrected chi connectivity index (χ4v) is 1.10. The number of hydrogen-bond donors (Lipinski definition) is 2. The number of nitrogen functional groups attached to an aromatic ring is 2. The van der Waals surface area contributed by atoms with E-state index in [0.717, 1.165) is 22.5 Å². The van der Waals surface area contributed by atoms with Crippen molar-refractivity contribution in [2.75, 3.05) is 11.5 Å². The molecule has 11 heavy (non-hydrogen) atoms. The molecule has 0 radical (unpaired) electrons. The van der Waals surface area contributed by atoms with E-state index in [1.165, 1.54) is 5.56 Å². The topological polar surface area (TPSA) is 52.0 Å². The molecule has 1 aromatic rings. The second-order valence-electron chi connectivity index (χ2n) is 2.93. The van der Waals surface area contributed by atoms with E-state index in [0.29, 0.717) is 0 Å². The highest BCUT2D eigenvalue weighted by Gasteiger charge is 2.03. The molecule has 0 atom stereocenters. The van der Waals surface area contributed by atoms with E-state index in [-0.39, 0.29) is 0 Å². The lowest BCUT2D eigenvalue weighted by atomic mass is 10.0. The maximum Gasteiger partial charge on any atom is 0.0367 e. The van der Waals surface area contributed by atoms with Crippen LogP contribution in [0.5, 0.6) is 0 Å². The molecule has 60 valence electrons. The molecule has 0 heterocycles. The van der Waals surface area contributed by atoms with Gasteiger partial charge in [0, 0.05) is 11.4 Å². The molecule has 0 aliphatic rings. The van der Waals surface area contributed by atoms with Gasteiger partial charge in [-0.15, -0.1) is 0 Å². The standard InChI is InChI=1S/C9H14N2/c1-5-6(2)8(10)4-9(11)7(5)3/h4H,10-11H2,1-3H3. The first-order valence-electron chi connectivity index (χ1n) is 3.65. The first-order chi connectivity index (χ1) is 5.04. The summed E-state index contributed by atoms with van der Waals surface area (Å²) in [7, 11) is 0. The summed E-state index contributed by atoms with van der Waals surface area (Å²) in [5.74, 6) is 0. The van der Waals surface area contributed by atoms with Gasteiger partial charge in [-0.3, -0.25) is 0 Å². The van der Waals surface area contributed by atoms with Crippen LogP contribution in [-0.2, 0) is 0 Å². The van der Waals surface area contributed by atoms with E-state index in [1.54, 1.807) is 0 Å². The van der Waals surface area contributed by atoms with Gasteiger partial charge in [-0.05, 0) is 43.5 Å². The Balaban J connectivity index is 3.46. The third-order valence-corrected chi connectivity index (χ3v) is 2.30. The zero-order chi connectivity index (χ0) is 8.59. The second-order valence-corrected chi connectivity index (χ2v) is 2.93. The lowest BCUT2D eigenvalue weighted by molar-refractivity contribution is 1.27. The highest BCUT2D eigenvalue weighted by atomic mass is 14.6. The third kappa shape index (κ3) is 1.16. The summed E-state index contributed by atoms with van der Waals surface area (Å²) < 4.78 is 0. The lowest BCUT2D eigenvalue weighted by Gasteiger charge is -2.10. The molecule has 0 amide bonds. The molecular weight excluding hydrogens is 136 g/mol. The lowest BCUT2D eigenvalue weighted by Crippen LogP contribution is -1.99. The monoisotopic (exact) mass is 150 g/mol. The minimum Gasteiger partial charge on any atom is -0.398 e. The maximum atomic E-state index is 5.71. The molecule has 4 N–H and O–H groups in total. The Hall–Kier alpha value is -1.18. The molecule has 0 saturated carbocycles. The van der Waals surface area contributed by atoms with Crippen molar-refractivity contribution in [1.29, 1.82) is 0 Å². The average Bonchev–Trinajstić information content (AvgIpc) is 1.97. The van der Waals surface area contributed by atoms with Gasteiger partial charge in [-0.25, -0.2) is 0 Å². The number of benzene rings is 1. The fraction of sp³-hybridized carbons (Fsp3) is 0.333. The van der Waals surface area contributed by atoms with Crippen LogP contribution in [0.3, 0.4) is 0 Å². The molecule has 2 nitrogen and oxygen atoms in total. The first-order valence-corrected chi connectivity index (χ1v) is 3.65. The van der Waals surface area contributed by atoms with Crippen LogP contribution in [0.15, 0.2) is 6.07 Å². The number of anilines is 2. The largest absolute Gasteiger partial charge is 0.398 e. The minimum atomic E-state index is 0.783. The Bertz CT molecular complexity index is 264. The molecule has 2 heteroatoms. The van der Waals surface area contributed by atoms with Gasteiger partial charge >= 0.3 is 0 Å². The van der Waals surface area contributed by atoms with E-state index < -0.39 is 0 Å². The summed E-state index contributed by atoms with van der Waals surface area (Å²) in [4.78, 5) is 0. The maximum absolute atomic E-state index is 5.71. The molecule has 0 aromatic heterocycles. The quantitative estimate of drug-likeness (QED) is 0.554. The predicted octanol–water partition coefficient (Wildman–Crippen LogP) is 1.78. The van der Waals surface area contributed by atoms with Crippen LogP contribution >= 0.6 is 0 Å². The van der Waals surface area contributed by atoms with Gasteiger partial charge in [0.05, 0.1) is 0 Å². The van der Waals surface area contributed by atoms with E-state index >= 15 is 0 Å². The van der Waals surface area contributed by atoms with E-state index in [9.17, 15) is 0 Å². The Morgan fingerprint density at radius 1 is 0.818 bits per heavy atom. The zero-order valence-corrected chi connectivity index (χ0v) is 7.23. The molecule has 0 aliphatic heterocycles. The van der Waals surface area contributed by atoms with Crippen LogP contribution in [0.4, 0.5) is 11.4 Å². The van der Waals surface area contributed by atoms with Crippen molar-refractivity contribution in [2.45, 2.75) is 20.8 Å². The van der Waals surface area contributed by atoms with E-state index in [4.69, 9.17) is 11.5 Å². The van der Waals surface area contributed by atoms with Crippen LogP contribution in [0.2, 0.25) is 0 Å². The molecular formula is C9H14N2. The van der Waals surface area contributed by atoms with Gasteiger partial charge in [-0.1, -0.05) is 0 Å². The predicted molar refractivity (Wildman–Crippen MR) is 49.5 cm³/mol. The van der Waals surface area contributed by atoms with Gasteiger partial charge in [0.25, 0.3) is 0 Å². The summed E-state index contributed by atoms with van der Waals surface area (Å²) in [6, 6.07) is 1.82. The second kappa shape index (κ2) is 2.46. The highest BCUT2D eigenvalue weighted by molar-refractivity contribution is 5.64. The number of hydrogen-bond acceptors (Lipinski definition) is 2. The van der Waals surface area contributed by atoms with Crippen LogP contribution < -0.4 is 11.5 Å². The minimum absolute atomic E-state index is 0.783. The molecule has 0 fully saturated rings. The van der Waals surface area contributed by atoms with Gasteiger partial charge < -0.3 is 11.5 Å². The van der Waals surface area contributed by atoms with Crippen LogP contribution in [0.25, 0.3) is 0 Å². The Kier molecular flexibility index (Phi) is 1.77. The SMILES string of the molecule is Cc1c(N)cc(N)c(C)c1C. The molecule has 0 spiro atoms. The van der Waals surface area contributed by atoms with Crippen molar-refractivity contribution < 1.29 is 0 Å². The van der Waals surface area contributed by atoms with Crippen molar-refractivity contribution in [2.24, 2.45) is 0 Å². The fourth-order valence-electron chi connectivity index (χ4n) is 1.10. The van der Waals surface area contributed by atoms with Crippen molar-refractivity contribution in [1.82, 2.24) is 0 Å². The molecule has 0 unspecified atom stereocenters. The van der Waals surface area contributed by atoms with Gasteiger partial charge in [0.15, 0.2) is 0 Å². The number of rotatable bonds is 0. The zero-order valence-electron chi connectivity index (χ0n) is 7.23.